The lowest BCUT2D eigenvalue weighted by Crippen LogP contribution is -2.10. The molecule has 1 aliphatic rings. The van der Waals surface area contributed by atoms with Crippen LogP contribution >= 0.6 is 0 Å². The summed E-state index contributed by atoms with van der Waals surface area (Å²) in [5, 5.41) is 3.82. The molecule has 0 saturated carbocycles. The van der Waals surface area contributed by atoms with Gasteiger partial charge in [-0.15, -0.1) is 0 Å². The SMILES string of the molecule is Cc1cc(C)cc(N(c2ccccc2)c2ccc3c4c(N(c5ccccc5)c5ccccc5)ccc5c4n(c3c2)c2cccc3c4c(n5c32)C=CCC4)c1. The number of rotatable bonds is 6. The van der Waals surface area contributed by atoms with Crippen LogP contribution in [0.25, 0.3) is 49.8 Å². The largest absolute Gasteiger partial charge is 0.310 e. The number of hydrogen-bond donors (Lipinski definition) is 0. The van der Waals surface area contributed by atoms with Crippen molar-refractivity contribution in [1.29, 1.82) is 0 Å². The topological polar surface area (TPSA) is 15.3 Å². The van der Waals surface area contributed by atoms with Crippen molar-refractivity contribution in [2.75, 3.05) is 9.80 Å². The Bertz CT molecular complexity index is 3000. The zero-order chi connectivity index (χ0) is 35.9. The fourth-order valence-corrected chi connectivity index (χ4v) is 9.23. The monoisotopic (exact) mass is 694 g/mol. The molecular formula is C50H38N4. The third-order valence-corrected chi connectivity index (χ3v) is 11.3. The van der Waals surface area contributed by atoms with Crippen LogP contribution in [-0.4, -0.2) is 8.80 Å². The van der Waals surface area contributed by atoms with Crippen LogP contribution in [0.3, 0.4) is 0 Å². The Balaban J connectivity index is 1.30. The number of aromatic nitrogens is 2. The second-order valence-electron chi connectivity index (χ2n) is 14.7. The Hall–Kier alpha value is -6.78. The zero-order valence-electron chi connectivity index (χ0n) is 30.4. The number of anilines is 6. The van der Waals surface area contributed by atoms with Gasteiger partial charge in [0.2, 0.25) is 0 Å². The first-order valence-electron chi connectivity index (χ1n) is 18.9. The summed E-state index contributed by atoms with van der Waals surface area (Å²) in [6, 6.07) is 57.9. The lowest BCUT2D eigenvalue weighted by molar-refractivity contribution is 0.983. The maximum absolute atomic E-state index is 2.56. The molecule has 0 aliphatic heterocycles. The third kappa shape index (κ3) is 4.50. The Morgan fingerprint density at radius 1 is 0.463 bits per heavy atom. The fourth-order valence-electron chi connectivity index (χ4n) is 9.23. The Kier molecular flexibility index (Phi) is 6.77. The summed E-state index contributed by atoms with van der Waals surface area (Å²) in [7, 11) is 0. The summed E-state index contributed by atoms with van der Waals surface area (Å²) in [5.74, 6) is 0. The number of aryl methyl sites for hydroxylation is 3. The van der Waals surface area contributed by atoms with Crippen molar-refractivity contribution >= 4 is 83.9 Å². The van der Waals surface area contributed by atoms with Gasteiger partial charge in [-0.3, -0.25) is 0 Å². The second-order valence-corrected chi connectivity index (χ2v) is 14.7. The van der Waals surface area contributed by atoms with Crippen molar-refractivity contribution in [3.63, 3.8) is 0 Å². The molecule has 3 aromatic heterocycles. The molecule has 10 aromatic rings. The van der Waals surface area contributed by atoms with Gasteiger partial charge in [0.15, 0.2) is 0 Å². The summed E-state index contributed by atoms with van der Waals surface area (Å²) < 4.78 is 5.10. The minimum atomic E-state index is 1.05. The highest BCUT2D eigenvalue weighted by Crippen LogP contribution is 2.48. The molecule has 0 unspecified atom stereocenters. The standard InChI is InChI=1S/C50H38N4/c1-33-29-34(2)31-39(30-33)51(35-15-6-3-7-16-35)38-25-26-42-47(32-38)54-45-24-14-22-41-40-21-12-13-23-43(40)53(49(41)45)46-28-27-44(48(42)50(46)54)52(36-17-8-4-9-18-36)37-19-10-5-11-20-37/h3-11,13-20,22-32H,12,21H2,1-2H3. The fraction of sp³-hybridized carbons (Fsp3) is 0.0800. The number of nitrogens with zero attached hydrogens (tertiary/aromatic N) is 4. The van der Waals surface area contributed by atoms with E-state index in [0.29, 0.717) is 0 Å². The number of benzene rings is 7. The summed E-state index contributed by atoms with van der Waals surface area (Å²) in [6.45, 7) is 4.37. The second kappa shape index (κ2) is 11.9. The summed E-state index contributed by atoms with van der Waals surface area (Å²) >= 11 is 0. The maximum Gasteiger partial charge on any atom is 0.0804 e. The molecule has 3 heterocycles. The van der Waals surface area contributed by atoms with Gasteiger partial charge < -0.3 is 18.6 Å². The molecule has 4 heteroatoms. The molecule has 0 N–H and O–H groups in total. The average molecular weight is 695 g/mol. The average Bonchev–Trinajstić information content (AvgIpc) is 3.73. The maximum atomic E-state index is 2.56. The smallest absolute Gasteiger partial charge is 0.0804 e. The Morgan fingerprint density at radius 3 is 1.80 bits per heavy atom. The Labute approximate surface area is 314 Å². The van der Waals surface area contributed by atoms with E-state index in [-0.39, 0.29) is 0 Å². The van der Waals surface area contributed by atoms with Gasteiger partial charge in [-0.1, -0.05) is 84.9 Å². The summed E-state index contributed by atoms with van der Waals surface area (Å²) in [5.41, 5.74) is 18.2. The minimum absolute atomic E-state index is 1.05. The third-order valence-electron chi connectivity index (χ3n) is 11.3. The molecule has 4 nitrogen and oxygen atoms in total. The van der Waals surface area contributed by atoms with E-state index in [1.807, 2.05) is 0 Å². The van der Waals surface area contributed by atoms with E-state index in [1.54, 1.807) is 0 Å². The van der Waals surface area contributed by atoms with Gasteiger partial charge in [0.05, 0.1) is 33.3 Å². The molecule has 7 aromatic carbocycles. The molecule has 1 aliphatic carbocycles. The molecule has 258 valence electrons. The highest BCUT2D eigenvalue weighted by Gasteiger charge is 2.27. The summed E-state index contributed by atoms with van der Waals surface area (Å²) in [6.07, 6.45) is 6.81. The molecule has 0 bridgehead atoms. The van der Waals surface area contributed by atoms with Crippen molar-refractivity contribution in [1.82, 2.24) is 8.80 Å². The molecule has 0 amide bonds. The number of para-hydroxylation sites is 4. The van der Waals surface area contributed by atoms with Crippen molar-refractivity contribution in [3.8, 4) is 0 Å². The van der Waals surface area contributed by atoms with Crippen LogP contribution in [0.4, 0.5) is 34.1 Å². The predicted molar refractivity (Wildman–Crippen MR) is 228 cm³/mol. The van der Waals surface area contributed by atoms with Gasteiger partial charge >= 0.3 is 0 Å². The van der Waals surface area contributed by atoms with Gasteiger partial charge in [0.25, 0.3) is 0 Å². The first kappa shape index (κ1) is 30.8. The molecule has 0 spiro atoms. The quantitative estimate of drug-likeness (QED) is 0.161. The number of allylic oxidation sites excluding steroid dienone is 1. The summed E-state index contributed by atoms with van der Waals surface area (Å²) in [4.78, 5) is 4.83. The Morgan fingerprint density at radius 2 is 1.11 bits per heavy atom. The van der Waals surface area contributed by atoms with Gasteiger partial charge in [0.1, 0.15) is 0 Å². The van der Waals surface area contributed by atoms with E-state index >= 15 is 0 Å². The lowest BCUT2D eigenvalue weighted by Gasteiger charge is -2.27. The van der Waals surface area contributed by atoms with E-state index in [0.717, 1.165) is 47.0 Å². The normalized spacial score (nSPS) is 12.8. The first-order chi connectivity index (χ1) is 26.6. The number of hydrogen-bond acceptors (Lipinski definition) is 2. The molecular weight excluding hydrogens is 657 g/mol. The zero-order valence-corrected chi connectivity index (χ0v) is 30.4. The van der Waals surface area contributed by atoms with Crippen molar-refractivity contribution in [2.24, 2.45) is 0 Å². The van der Waals surface area contributed by atoms with E-state index in [9.17, 15) is 0 Å². The van der Waals surface area contributed by atoms with Crippen LogP contribution in [-0.2, 0) is 6.42 Å². The first-order valence-corrected chi connectivity index (χ1v) is 18.9. The molecule has 11 rings (SSSR count). The molecule has 0 fully saturated rings. The van der Waals surface area contributed by atoms with E-state index in [2.05, 4.69) is 202 Å². The van der Waals surface area contributed by atoms with Crippen LogP contribution in [0.15, 0.2) is 164 Å². The van der Waals surface area contributed by atoms with Gasteiger partial charge in [-0.05, 0) is 128 Å². The molecule has 0 atom stereocenters. The molecule has 0 saturated heterocycles. The lowest BCUT2D eigenvalue weighted by atomic mass is 10.0. The van der Waals surface area contributed by atoms with Crippen molar-refractivity contribution in [3.05, 3.63) is 186 Å². The van der Waals surface area contributed by atoms with Gasteiger partial charge in [-0.2, -0.15) is 0 Å². The minimum Gasteiger partial charge on any atom is -0.310 e. The van der Waals surface area contributed by atoms with Crippen LogP contribution < -0.4 is 9.80 Å². The van der Waals surface area contributed by atoms with Gasteiger partial charge in [-0.25, -0.2) is 0 Å². The van der Waals surface area contributed by atoms with Crippen LogP contribution in [0, 0.1) is 13.8 Å². The number of fused-ring (bicyclic) bond motifs is 8. The highest BCUT2D eigenvalue weighted by atomic mass is 15.2. The van der Waals surface area contributed by atoms with E-state index < -0.39 is 0 Å². The van der Waals surface area contributed by atoms with Crippen LogP contribution in [0.2, 0.25) is 0 Å². The molecule has 54 heavy (non-hydrogen) atoms. The van der Waals surface area contributed by atoms with E-state index in [4.69, 9.17) is 0 Å². The van der Waals surface area contributed by atoms with E-state index in [1.165, 1.54) is 66.1 Å². The molecule has 0 radical (unpaired) electrons. The predicted octanol–water partition coefficient (Wildman–Crippen LogP) is 13.6. The van der Waals surface area contributed by atoms with Crippen LogP contribution in [0.5, 0.6) is 0 Å². The van der Waals surface area contributed by atoms with Crippen molar-refractivity contribution in [2.45, 2.75) is 26.7 Å². The van der Waals surface area contributed by atoms with Crippen molar-refractivity contribution < 1.29 is 0 Å². The van der Waals surface area contributed by atoms with Gasteiger partial charge in [0, 0.05) is 50.3 Å². The highest BCUT2D eigenvalue weighted by molar-refractivity contribution is 6.23. The van der Waals surface area contributed by atoms with Crippen LogP contribution in [0.1, 0.15) is 28.8 Å².